The van der Waals surface area contributed by atoms with Gasteiger partial charge in [-0.1, -0.05) is 18.9 Å². The van der Waals surface area contributed by atoms with Gasteiger partial charge >= 0.3 is 0 Å². The third kappa shape index (κ3) is 5.55. The van der Waals surface area contributed by atoms with Gasteiger partial charge in [0.05, 0.1) is 12.2 Å². The predicted octanol–water partition coefficient (Wildman–Crippen LogP) is 2.73. The first-order valence-corrected chi connectivity index (χ1v) is 9.49. The second kappa shape index (κ2) is 9.69. The number of benzene rings is 1. The van der Waals surface area contributed by atoms with Crippen LogP contribution in [0.25, 0.3) is 0 Å². The van der Waals surface area contributed by atoms with Gasteiger partial charge < -0.3 is 27.5 Å². The predicted molar refractivity (Wildman–Crippen MR) is 112 cm³/mol. The smallest absolute Gasteiger partial charge is 0.254 e. The van der Waals surface area contributed by atoms with E-state index < -0.39 is 5.91 Å². The first kappa shape index (κ1) is 20.3. The van der Waals surface area contributed by atoms with E-state index in [4.69, 9.17) is 16.9 Å². The van der Waals surface area contributed by atoms with E-state index in [-0.39, 0.29) is 24.2 Å². The van der Waals surface area contributed by atoms with E-state index in [1.54, 1.807) is 18.2 Å². The molecule has 1 heterocycles. The number of aromatic nitrogens is 2. The lowest BCUT2D eigenvalue weighted by Crippen LogP contribution is -2.43. The second-order valence-electron chi connectivity index (χ2n) is 6.82. The molecule has 1 aromatic heterocycles. The number of rotatable bonds is 8. The molecule has 2 unspecified atom stereocenters. The van der Waals surface area contributed by atoms with Crippen LogP contribution in [0.1, 0.15) is 36.0 Å². The van der Waals surface area contributed by atoms with Gasteiger partial charge in [-0.2, -0.15) is 15.2 Å². The molecule has 1 aromatic carbocycles. The van der Waals surface area contributed by atoms with Crippen LogP contribution >= 0.6 is 0 Å². The van der Waals surface area contributed by atoms with Crippen molar-refractivity contribution in [3.63, 3.8) is 0 Å². The van der Waals surface area contributed by atoms with E-state index in [0.717, 1.165) is 25.7 Å². The van der Waals surface area contributed by atoms with Crippen LogP contribution in [0.2, 0.25) is 0 Å². The standard InChI is InChI=1S/C19H25N9O/c20-8-9-24-28-13-5-3-4-12(10-13)25-18-14(17(22)29)11-23-19(27-18)26-16-7-2-1-6-15(16)21/h3-5,8,10-11,15-16,20H,1-2,6-7,9,21H2,(H2,22,29)(H2,23,25,26,27). The van der Waals surface area contributed by atoms with Crippen molar-refractivity contribution in [2.24, 2.45) is 21.7 Å². The van der Waals surface area contributed by atoms with E-state index in [0.29, 0.717) is 23.1 Å². The van der Waals surface area contributed by atoms with E-state index in [2.05, 4.69) is 30.8 Å². The summed E-state index contributed by atoms with van der Waals surface area (Å²) >= 11 is 0. The minimum Gasteiger partial charge on any atom is -0.365 e. The Labute approximate surface area is 168 Å². The fraction of sp³-hybridized carbons (Fsp3) is 0.368. The van der Waals surface area contributed by atoms with Gasteiger partial charge in [-0.3, -0.25) is 4.79 Å². The minimum absolute atomic E-state index is 0.0441. The molecule has 152 valence electrons. The zero-order valence-electron chi connectivity index (χ0n) is 16.0. The molecule has 1 fully saturated rings. The highest BCUT2D eigenvalue weighted by Crippen LogP contribution is 2.25. The van der Waals surface area contributed by atoms with Crippen LogP contribution in [-0.4, -0.2) is 40.7 Å². The Bertz CT molecular complexity index is 899. The summed E-state index contributed by atoms with van der Waals surface area (Å²) in [6.45, 7) is 0.216. The summed E-state index contributed by atoms with van der Waals surface area (Å²) in [4.78, 5) is 20.5. The van der Waals surface area contributed by atoms with Crippen LogP contribution in [0.3, 0.4) is 0 Å². The number of amides is 1. The summed E-state index contributed by atoms with van der Waals surface area (Å²) in [7, 11) is 0. The van der Waals surface area contributed by atoms with Gasteiger partial charge in [-0.25, -0.2) is 4.98 Å². The molecule has 2 atom stereocenters. The fourth-order valence-electron chi connectivity index (χ4n) is 3.18. The molecule has 0 spiro atoms. The average molecular weight is 395 g/mol. The monoisotopic (exact) mass is 395 g/mol. The Morgan fingerprint density at radius 1 is 1.34 bits per heavy atom. The number of nitrogens with two attached hydrogens (primary N) is 2. The van der Waals surface area contributed by atoms with Gasteiger partial charge in [0.15, 0.2) is 0 Å². The van der Waals surface area contributed by atoms with Gasteiger partial charge in [-0.05, 0) is 31.0 Å². The van der Waals surface area contributed by atoms with Gasteiger partial charge in [-0.15, -0.1) is 0 Å². The van der Waals surface area contributed by atoms with Crippen molar-refractivity contribution in [1.29, 1.82) is 5.41 Å². The van der Waals surface area contributed by atoms with Gasteiger partial charge in [0, 0.05) is 30.2 Å². The van der Waals surface area contributed by atoms with Gasteiger partial charge in [0.25, 0.3) is 5.91 Å². The molecule has 2 aromatic rings. The van der Waals surface area contributed by atoms with Crippen LogP contribution in [-0.2, 0) is 0 Å². The van der Waals surface area contributed by atoms with Crippen molar-refractivity contribution in [2.45, 2.75) is 37.8 Å². The first-order valence-electron chi connectivity index (χ1n) is 9.49. The molecule has 0 aliphatic heterocycles. The van der Waals surface area contributed by atoms with Gasteiger partial charge in [0.1, 0.15) is 11.4 Å². The molecule has 1 amide bonds. The van der Waals surface area contributed by atoms with Crippen LogP contribution in [0.5, 0.6) is 0 Å². The molecule has 0 radical (unpaired) electrons. The summed E-state index contributed by atoms with van der Waals surface area (Å²) in [5, 5.41) is 21.3. The SMILES string of the molecule is N=CCN=Nc1cccc(Nc2nc(NC3CCCCC3N)ncc2C(N)=O)c1. The molecule has 10 heteroatoms. The van der Waals surface area contributed by atoms with Crippen LogP contribution < -0.4 is 22.1 Å². The number of nitrogens with zero attached hydrogens (tertiary/aromatic N) is 4. The number of nitrogens with one attached hydrogen (secondary N) is 3. The Hall–Kier alpha value is -3.40. The van der Waals surface area contributed by atoms with Crippen molar-refractivity contribution in [3.05, 3.63) is 36.0 Å². The first-order chi connectivity index (χ1) is 14.1. The molecule has 0 saturated heterocycles. The van der Waals surface area contributed by atoms with E-state index in [1.165, 1.54) is 12.4 Å². The summed E-state index contributed by atoms with van der Waals surface area (Å²) < 4.78 is 0. The molecule has 1 saturated carbocycles. The third-order valence-corrected chi connectivity index (χ3v) is 4.66. The highest BCUT2D eigenvalue weighted by atomic mass is 16.1. The lowest BCUT2D eigenvalue weighted by molar-refractivity contribution is 0.100. The number of primary amides is 1. The van der Waals surface area contributed by atoms with Crippen LogP contribution in [0.15, 0.2) is 40.7 Å². The summed E-state index contributed by atoms with van der Waals surface area (Å²) in [5.41, 5.74) is 13.1. The number of azo groups is 1. The van der Waals surface area contributed by atoms with Gasteiger partial charge in [0.2, 0.25) is 5.95 Å². The minimum atomic E-state index is -0.629. The maximum Gasteiger partial charge on any atom is 0.254 e. The van der Waals surface area contributed by atoms with E-state index in [9.17, 15) is 4.79 Å². The van der Waals surface area contributed by atoms with Crippen molar-refractivity contribution in [1.82, 2.24) is 9.97 Å². The molecular formula is C19H25N9O. The highest BCUT2D eigenvalue weighted by Gasteiger charge is 2.23. The third-order valence-electron chi connectivity index (χ3n) is 4.66. The molecular weight excluding hydrogens is 370 g/mol. The van der Waals surface area contributed by atoms with Crippen LogP contribution in [0.4, 0.5) is 23.1 Å². The maximum atomic E-state index is 11.8. The van der Waals surface area contributed by atoms with Crippen molar-refractivity contribution in [2.75, 3.05) is 17.2 Å². The average Bonchev–Trinajstić information content (AvgIpc) is 2.70. The largest absolute Gasteiger partial charge is 0.365 e. The summed E-state index contributed by atoms with van der Waals surface area (Å²) in [6, 6.07) is 7.28. The number of hydrogen-bond acceptors (Lipinski definition) is 9. The molecule has 7 N–H and O–H groups in total. The molecule has 1 aliphatic rings. The Morgan fingerprint density at radius 2 is 2.17 bits per heavy atom. The maximum absolute atomic E-state index is 11.8. The van der Waals surface area contributed by atoms with Crippen molar-refractivity contribution in [3.8, 4) is 0 Å². The zero-order chi connectivity index (χ0) is 20.6. The second-order valence-corrected chi connectivity index (χ2v) is 6.82. The molecule has 1 aliphatic carbocycles. The van der Waals surface area contributed by atoms with E-state index in [1.807, 2.05) is 6.07 Å². The number of carbonyl (C=O) groups excluding carboxylic acids is 1. The molecule has 10 nitrogen and oxygen atoms in total. The topological polar surface area (TPSA) is 168 Å². The lowest BCUT2D eigenvalue weighted by Gasteiger charge is -2.29. The quantitative estimate of drug-likeness (QED) is 0.340. The Morgan fingerprint density at radius 3 is 2.93 bits per heavy atom. The van der Waals surface area contributed by atoms with E-state index >= 15 is 0 Å². The highest BCUT2D eigenvalue weighted by molar-refractivity contribution is 5.98. The summed E-state index contributed by atoms with van der Waals surface area (Å²) in [5.74, 6) is 0.0601. The molecule has 3 rings (SSSR count). The van der Waals surface area contributed by atoms with Crippen LogP contribution in [0, 0.1) is 5.41 Å². The lowest BCUT2D eigenvalue weighted by atomic mass is 9.91. The van der Waals surface area contributed by atoms with Crippen molar-refractivity contribution >= 4 is 35.3 Å². The zero-order valence-corrected chi connectivity index (χ0v) is 16.0. The Balaban J connectivity index is 1.82. The molecule has 29 heavy (non-hydrogen) atoms. The number of anilines is 3. The van der Waals surface area contributed by atoms with Crippen molar-refractivity contribution < 1.29 is 4.79 Å². The number of carbonyl (C=O) groups is 1. The Kier molecular flexibility index (Phi) is 6.80. The molecule has 0 bridgehead atoms. The normalized spacial score (nSPS) is 19.1. The fourth-order valence-corrected chi connectivity index (χ4v) is 3.18. The number of hydrogen-bond donors (Lipinski definition) is 5. The summed E-state index contributed by atoms with van der Waals surface area (Å²) in [6.07, 6.45) is 6.71.